The molecule has 0 saturated heterocycles. The van der Waals surface area contributed by atoms with E-state index in [1.165, 1.54) is 9.75 Å². The van der Waals surface area contributed by atoms with Crippen molar-refractivity contribution in [2.24, 2.45) is 0 Å². The van der Waals surface area contributed by atoms with Crippen LogP contribution in [-0.4, -0.2) is 44.7 Å². The van der Waals surface area contributed by atoms with Gasteiger partial charge in [-0.3, -0.25) is 9.69 Å². The van der Waals surface area contributed by atoms with Gasteiger partial charge in [0.15, 0.2) is 11.5 Å². The largest absolute Gasteiger partial charge is 0.493 e. The Bertz CT molecular complexity index is 672. The Kier molecular flexibility index (Phi) is 7.76. The lowest BCUT2D eigenvalue weighted by Gasteiger charge is -2.17. The predicted octanol–water partition coefficient (Wildman–Crippen LogP) is 2.95. The van der Waals surface area contributed by atoms with Gasteiger partial charge in [-0.25, -0.2) is 0 Å². The van der Waals surface area contributed by atoms with Crippen LogP contribution in [0.4, 0.5) is 0 Å². The molecule has 0 radical (unpaired) electrons. The van der Waals surface area contributed by atoms with Crippen LogP contribution >= 0.6 is 11.3 Å². The molecule has 2 rings (SSSR count). The van der Waals surface area contributed by atoms with Gasteiger partial charge in [0.25, 0.3) is 0 Å². The molecule has 2 aromatic rings. The monoisotopic (exact) mass is 362 g/mol. The number of nitrogens with one attached hydrogen (secondary N) is 1. The Morgan fingerprint density at radius 1 is 1.16 bits per heavy atom. The van der Waals surface area contributed by atoms with Gasteiger partial charge < -0.3 is 14.8 Å². The van der Waals surface area contributed by atoms with E-state index in [-0.39, 0.29) is 5.91 Å². The van der Waals surface area contributed by atoms with Crippen LogP contribution in [0, 0.1) is 0 Å². The van der Waals surface area contributed by atoms with Gasteiger partial charge in [-0.15, -0.1) is 11.3 Å². The lowest BCUT2D eigenvalue weighted by Crippen LogP contribution is -2.36. The minimum Gasteiger partial charge on any atom is -0.493 e. The summed E-state index contributed by atoms with van der Waals surface area (Å²) in [6, 6.07) is 11.7. The smallest absolute Gasteiger partial charge is 0.234 e. The van der Waals surface area contributed by atoms with Gasteiger partial charge in [0.2, 0.25) is 5.91 Å². The fourth-order valence-electron chi connectivity index (χ4n) is 2.32. The first kappa shape index (κ1) is 19.3. The number of para-hydroxylation sites is 2. The SMILES string of the molecule is CCc1ccc(CNC(=O)CN(C)CCOc2ccccc2OC)s1. The molecule has 1 aromatic carbocycles. The summed E-state index contributed by atoms with van der Waals surface area (Å²) in [5.74, 6) is 1.45. The summed E-state index contributed by atoms with van der Waals surface area (Å²) in [5, 5.41) is 2.96. The molecule has 0 bridgehead atoms. The second-order valence-corrected chi connectivity index (χ2v) is 6.99. The quantitative estimate of drug-likeness (QED) is 0.706. The number of nitrogens with zero attached hydrogens (tertiary/aromatic N) is 1. The van der Waals surface area contributed by atoms with Gasteiger partial charge in [0.1, 0.15) is 6.61 Å². The van der Waals surface area contributed by atoms with Crippen LogP contribution in [0.5, 0.6) is 11.5 Å². The van der Waals surface area contributed by atoms with Crippen molar-refractivity contribution in [2.45, 2.75) is 19.9 Å². The molecule has 5 nitrogen and oxygen atoms in total. The molecule has 6 heteroatoms. The molecule has 0 saturated carbocycles. The molecule has 0 spiro atoms. The molecule has 1 heterocycles. The zero-order valence-corrected chi connectivity index (χ0v) is 15.9. The van der Waals surface area contributed by atoms with Crippen molar-refractivity contribution in [1.82, 2.24) is 10.2 Å². The van der Waals surface area contributed by atoms with Crippen molar-refractivity contribution in [2.75, 3.05) is 33.9 Å². The van der Waals surface area contributed by atoms with Crippen molar-refractivity contribution in [3.63, 3.8) is 0 Å². The number of thiophene rings is 1. The first-order valence-electron chi connectivity index (χ1n) is 8.41. The van der Waals surface area contributed by atoms with E-state index in [1.807, 2.05) is 36.2 Å². The summed E-state index contributed by atoms with van der Waals surface area (Å²) in [7, 11) is 3.53. The summed E-state index contributed by atoms with van der Waals surface area (Å²) in [6.07, 6.45) is 1.04. The van der Waals surface area contributed by atoms with Gasteiger partial charge in [-0.1, -0.05) is 19.1 Å². The third-order valence-corrected chi connectivity index (χ3v) is 4.97. The van der Waals surface area contributed by atoms with Crippen LogP contribution in [0.25, 0.3) is 0 Å². The fourth-order valence-corrected chi connectivity index (χ4v) is 3.22. The zero-order chi connectivity index (χ0) is 18.1. The van der Waals surface area contributed by atoms with Crippen LogP contribution in [0.2, 0.25) is 0 Å². The first-order valence-corrected chi connectivity index (χ1v) is 9.22. The molecule has 0 unspecified atom stereocenters. The molecule has 25 heavy (non-hydrogen) atoms. The van der Waals surface area contributed by atoms with Crippen LogP contribution in [0.15, 0.2) is 36.4 Å². The molecular weight excluding hydrogens is 336 g/mol. The Hall–Kier alpha value is -2.05. The molecule has 1 aromatic heterocycles. The molecule has 0 aliphatic rings. The van der Waals surface area contributed by atoms with Gasteiger partial charge in [-0.05, 0) is 37.7 Å². The summed E-state index contributed by atoms with van der Waals surface area (Å²) in [4.78, 5) is 16.5. The molecule has 1 N–H and O–H groups in total. The van der Waals surface area contributed by atoms with Gasteiger partial charge in [0.05, 0.1) is 20.2 Å². The number of hydrogen-bond acceptors (Lipinski definition) is 5. The third kappa shape index (κ3) is 6.40. The highest BCUT2D eigenvalue weighted by molar-refractivity contribution is 7.11. The topological polar surface area (TPSA) is 50.8 Å². The van der Waals surface area contributed by atoms with Crippen molar-refractivity contribution >= 4 is 17.2 Å². The number of carbonyl (C=O) groups is 1. The fraction of sp³-hybridized carbons (Fsp3) is 0.421. The van der Waals surface area contributed by atoms with Crippen LogP contribution in [0.3, 0.4) is 0 Å². The summed E-state index contributed by atoms with van der Waals surface area (Å²) in [5.41, 5.74) is 0. The van der Waals surface area contributed by atoms with Crippen LogP contribution in [0.1, 0.15) is 16.7 Å². The van der Waals surface area contributed by atoms with Crippen molar-refractivity contribution in [3.05, 3.63) is 46.2 Å². The summed E-state index contributed by atoms with van der Waals surface area (Å²) in [6.45, 7) is 4.23. The summed E-state index contributed by atoms with van der Waals surface area (Å²) < 4.78 is 11.0. The zero-order valence-electron chi connectivity index (χ0n) is 15.1. The van der Waals surface area contributed by atoms with Crippen molar-refractivity contribution < 1.29 is 14.3 Å². The molecule has 0 aliphatic carbocycles. The maximum atomic E-state index is 12.0. The highest BCUT2D eigenvalue weighted by atomic mass is 32.1. The Balaban J connectivity index is 1.67. The third-order valence-electron chi connectivity index (χ3n) is 3.74. The van der Waals surface area contributed by atoms with Gasteiger partial charge >= 0.3 is 0 Å². The highest BCUT2D eigenvalue weighted by Crippen LogP contribution is 2.25. The second-order valence-electron chi connectivity index (χ2n) is 5.74. The van der Waals surface area contributed by atoms with E-state index in [4.69, 9.17) is 9.47 Å². The first-order chi connectivity index (χ1) is 12.1. The standard InChI is InChI=1S/C19H26N2O3S/c1-4-15-9-10-16(25-15)13-20-19(22)14-21(2)11-12-24-18-8-6-5-7-17(18)23-3/h5-10H,4,11-14H2,1-3H3,(H,20,22). The van der Waals surface area contributed by atoms with Crippen LogP contribution < -0.4 is 14.8 Å². The molecule has 0 aliphatic heterocycles. The molecular formula is C19H26N2O3S. The van der Waals surface area contributed by atoms with E-state index in [0.29, 0.717) is 37.7 Å². The van der Waals surface area contributed by atoms with E-state index in [2.05, 4.69) is 24.4 Å². The number of methoxy groups -OCH3 is 1. The number of likely N-dealkylation sites (N-methyl/N-ethyl adjacent to an activating group) is 1. The average Bonchev–Trinajstić information content (AvgIpc) is 3.08. The normalized spacial score (nSPS) is 10.7. The lowest BCUT2D eigenvalue weighted by atomic mass is 10.3. The lowest BCUT2D eigenvalue weighted by molar-refractivity contribution is -0.122. The van der Waals surface area contributed by atoms with E-state index in [1.54, 1.807) is 18.4 Å². The van der Waals surface area contributed by atoms with Crippen molar-refractivity contribution in [1.29, 1.82) is 0 Å². The Morgan fingerprint density at radius 2 is 1.88 bits per heavy atom. The minimum absolute atomic E-state index is 0.0197. The van der Waals surface area contributed by atoms with Crippen molar-refractivity contribution in [3.8, 4) is 11.5 Å². The number of hydrogen-bond donors (Lipinski definition) is 1. The number of amides is 1. The average molecular weight is 362 g/mol. The van der Waals surface area contributed by atoms with Gasteiger partial charge in [0, 0.05) is 16.3 Å². The number of aryl methyl sites for hydroxylation is 1. The number of benzene rings is 1. The number of carbonyl (C=O) groups excluding carboxylic acids is 1. The Labute approximate surface area is 153 Å². The molecule has 0 atom stereocenters. The van der Waals surface area contributed by atoms with E-state index >= 15 is 0 Å². The van der Waals surface area contributed by atoms with Crippen LogP contribution in [-0.2, 0) is 17.8 Å². The predicted molar refractivity (Wildman–Crippen MR) is 102 cm³/mol. The number of ether oxygens (including phenoxy) is 2. The van der Waals surface area contributed by atoms with E-state index in [0.717, 1.165) is 6.42 Å². The molecule has 136 valence electrons. The van der Waals surface area contributed by atoms with Gasteiger partial charge in [-0.2, -0.15) is 0 Å². The van der Waals surface area contributed by atoms with E-state index < -0.39 is 0 Å². The maximum Gasteiger partial charge on any atom is 0.234 e. The van der Waals surface area contributed by atoms with E-state index in [9.17, 15) is 4.79 Å². The maximum absolute atomic E-state index is 12.0. The molecule has 1 amide bonds. The summed E-state index contributed by atoms with van der Waals surface area (Å²) >= 11 is 1.75. The number of rotatable bonds is 10. The second kappa shape index (κ2) is 10.1. The minimum atomic E-state index is 0.0197. The molecule has 0 fully saturated rings. The Morgan fingerprint density at radius 3 is 2.56 bits per heavy atom. The highest BCUT2D eigenvalue weighted by Gasteiger charge is 2.08.